The van der Waals surface area contributed by atoms with Crippen molar-refractivity contribution < 1.29 is 4.84 Å². The number of nitrogens with one attached hydrogen (secondary N) is 2. The number of hydrogen-bond donors (Lipinski definition) is 2. The Hall–Kier alpha value is -6.33. The zero-order chi connectivity index (χ0) is 32.0. The van der Waals surface area contributed by atoms with Gasteiger partial charge in [-0.2, -0.15) is 5.06 Å². The fourth-order valence-electron chi connectivity index (χ4n) is 7.05. The van der Waals surface area contributed by atoms with Crippen molar-refractivity contribution in [3.05, 3.63) is 175 Å². The molecule has 0 aliphatic carbocycles. The van der Waals surface area contributed by atoms with Gasteiger partial charge >= 0.3 is 0 Å². The molecule has 9 rings (SSSR count). The van der Waals surface area contributed by atoms with Gasteiger partial charge in [-0.1, -0.05) is 85.5 Å². The lowest BCUT2D eigenvalue weighted by atomic mass is 9.84. The number of fused-ring (bicyclic) bond motifs is 4. The van der Waals surface area contributed by atoms with Gasteiger partial charge in [0.1, 0.15) is 0 Å². The summed E-state index contributed by atoms with van der Waals surface area (Å²) in [4.78, 5) is 11.2. The van der Waals surface area contributed by atoms with Gasteiger partial charge in [0, 0.05) is 30.4 Å². The number of rotatable bonds is 4. The molecular formula is C43H32N4O. The summed E-state index contributed by atoms with van der Waals surface area (Å²) in [6.45, 7) is 5.83. The van der Waals surface area contributed by atoms with Crippen molar-refractivity contribution in [2.24, 2.45) is 4.99 Å². The van der Waals surface area contributed by atoms with Gasteiger partial charge in [-0.05, 0) is 115 Å². The molecule has 230 valence electrons. The first-order valence-corrected chi connectivity index (χ1v) is 16.2. The van der Waals surface area contributed by atoms with Gasteiger partial charge in [-0.25, -0.2) is 4.99 Å². The lowest BCUT2D eigenvalue weighted by Gasteiger charge is -2.25. The Kier molecular flexibility index (Phi) is 6.68. The summed E-state index contributed by atoms with van der Waals surface area (Å²) in [7, 11) is 0. The molecule has 0 saturated heterocycles. The number of allylic oxidation sites excluding steroid dienone is 6. The molecule has 0 unspecified atom stereocenters. The van der Waals surface area contributed by atoms with Crippen molar-refractivity contribution in [1.82, 2.24) is 15.7 Å². The highest BCUT2D eigenvalue weighted by molar-refractivity contribution is 6.20. The number of amidine groups is 1. The van der Waals surface area contributed by atoms with Crippen molar-refractivity contribution in [2.75, 3.05) is 13.1 Å². The summed E-state index contributed by atoms with van der Waals surface area (Å²) in [5.74, 6) is 1.42. The average Bonchev–Trinajstić information content (AvgIpc) is 3.29. The van der Waals surface area contributed by atoms with Crippen molar-refractivity contribution >= 4 is 49.8 Å². The Balaban J connectivity index is 1.27. The second kappa shape index (κ2) is 11.5. The first-order chi connectivity index (χ1) is 23.7. The van der Waals surface area contributed by atoms with Gasteiger partial charge in [0.05, 0.1) is 11.9 Å². The molecule has 0 spiro atoms. The van der Waals surface area contributed by atoms with Crippen LogP contribution in [-0.4, -0.2) is 24.0 Å². The number of nitrogens with zero attached hydrogens (tertiary/aromatic N) is 2. The monoisotopic (exact) mass is 620 g/mol. The topological polar surface area (TPSA) is 48.9 Å². The van der Waals surface area contributed by atoms with E-state index in [9.17, 15) is 0 Å². The molecule has 48 heavy (non-hydrogen) atoms. The summed E-state index contributed by atoms with van der Waals surface area (Å²) in [6, 6.07) is 32.4. The lowest BCUT2D eigenvalue weighted by Crippen LogP contribution is -2.29. The summed E-state index contributed by atoms with van der Waals surface area (Å²) in [5.41, 5.74) is 11.0. The van der Waals surface area contributed by atoms with Crippen LogP contribution in [0.3, 0.4) is 0 Å². The molecule has 0 saturated carbocycles. The molecule has 4 aliphatic heterocycles. The molecule has 5 heteroatoms. The van der Waals surface area contributed by atoms with Crippen LogP contribution in [0.2, 0.25) is 0 Å². The fraction of sp³-hybridized carbons (Fsp3) is 0.0465. The van der Waals surface area contributed by atoms with Crippen LogP contribution in [0.4, 0.5) is 0 Å². The number of hydrogen-bond acceptors (Lipinski definition) is 5. The molecule has 2 N–H and O–H groups in total. The van der Waals surface area contributed by atoms with E-state index >= 15 is 0 Å². The Labute approximate surface area is 279 Å². The van der Waals surface area contributed by atoms with Crippen LogP contribution in [0, 0.1) is 0 Å². The van der Waals surface area contributed by atoms with E-state index in [1.807, 2.05) is 42.7 Å². The lowest BCUT2D eigenvalue weighted by molar-refractivity contribution is 0.0742. The quantitative estimate of drug-likeness (QED) is 0.197. The predicted molar refractivity (Wildman–Crippen MR) is 200 cm³/mol. The summed E-state index contributed by atoms with van der Waals surface area (Å²) < 4.78 is 0. The highest BCUT2D eigenvalue weighted by atomic mass is 16.7. The van der Waals surface area contributed by atoms with E-state index in [0.717, 1.165) is 35.5 Å². The van der Waals surface area contributed by atoms with Crippen LogP contribution >= 0.6 is 0 Å². The third-order valence-corrected chi connectivity index (χ3v) is 9.28. The minimum atomic E-state index is 0.678. The normalized spacial score (nSPS) is 16.5. The Morgan fingerprint density at radius 3 is 2.15 bits per heavy atom. The summed E-state index contributed by atoms with van der Waals surface area (Å²) >= 11 is 0. The first-order valence-electron chi connectivity index (χ1n) is 16.2. The van der Waals surface area contributed by atoms with Gasteiger partial charge in [-0.3, -0.25) is 0 Å². The second-order valence-electron chi connectivity index (χ2n) is 12.2. The molecule has 4 aliphatic rings. The summed E-state index contributed by atoms with van der Waals surface area (Å²) in [5, 5.41) is 13.3. The van der Waals surface area contributed by atoms with Crippen LogP contribution in [0.5, 0.6) is 5.75 Å². The van der Waals surface area contributed by atoms with Crippen LogP contribution in [0.1, 0.15) is 22.3 Å². The zero-order valence-corrected chi connectivity index (χ0v) is 26.3. The van der Waals surface area contributed by atoms with E-state index in [1.54, 1.807) is 5.06 Å². The average molecular weight is 621 g/mol. The standard InChI is InChI=1S/C43H32N4O/c1-28-35-12-6-7-17-40(35)48-47-27-31(18-19-41(47)46-28)42-36-13-2-4-15-38(36)43(39-16-5-3-14-37(39)42)34-23-32(29-10-8-20-44-25-29)22-33(24-34)30-11-9-21-45-26-30/h2-20,22-24,26-27,44-45H,1,21,25H2. The number of hydroxylamine groups is 2. The smallest absolute Gasteiger partial charge is 0.169 e. The minimum Gasteiger partial charge on any atom is -0.387 e. The van der Waals surface area contributed by atoms with Crippen molar-refractivity contribution in [3.8, 4) is 16.9 Å². The molecule has 0 atom stereocenters. The molecule has 5 nitrogen and oxygen atoms in total. The maximum atomic E-state index is 6.42. The van der Waals surface area contributed by atoms with E-state index in [1.165, 1.54) is 54.9 Å². The van der Waals surface area contributed by atoms with E-state index in [4.69, 9.17) is 9.83 Å². The van der Waals surface area contributed by atoms with Crippen LogP contribution in [-0.2, 0) is 0 Å². The highest BCUT2D eigenvalue weighted by Crippen LogP contribution is 2.44. The van der Waals surface area contributed by atoms with Crippen LogP contribution in [0.15, 0.2) is 158 Å². The summed E-state index contributed by atoms with van der Waals surface area (Å²) in [6.07, 6.45) is 19.0. The van der Waals surface area contributed by atoms with E-state index < -0.39 is 0 Å². The predicted octanol–water partition coefficient (Wildman–Crippen LogP) is 9.25. The maximum absolute atomic E-state index is 6.42. The largest absolute Gasteiger partial charge is 0.387 e. The molecule has 0 bridgehead atoms. The van der Waals surface area contributed by atoms with E-state index in [2.05, 4.69) is 121 Å². The Bertz CT molecular complexity index is 2340. The van der Waals surface area contributed by atoms with Crippen molar-refractivity contribution in [3.63, 3.8) is 0 Å². The van der Waals surface area contributed by atoms with Gasteiger partial charge in [0.25, 0.3) is 0 Å². The highest BCUT2D eigenvalue weighted by Gasteiger charge is 2.24. The molecule has 5 aromatic rings. The molecule has 0 amide bonds. The fourth-order valence-corrected chi connectivity index (χ4v) is 7.05. The Morgan fingerprint density at radius 1 is 0.708 bits per heavy atom. The van der Waals surface area contributed by atoms with Gasteiger partial charge < -0.3 is 15.5 Å². The maximum Gasteiger partial charge on any atom is 0.169 e. The zero-order valence-electron chi connectivity index (χ0n) is 26.3. The van der Waals surface area contributed by atoms with Gasteiger partial charge in [-0.15, -0.1) is 0 Å². The van der Waals surface area contributed by atoms with Crippen LogP contribution in [0.25, 0.3) is 55.1 Å². The number of aliphatic imine (C=N–C) groups is 1. The molecule has 0 radical (unpaired) electrons. The third kappa shape index (κ3) is 4.76. The van der Waals surface area contributed by atoms with Gasteiger partial charge in [0.15, 0.2) is 11.6 Å². The number of para-hydroxylation sites is 1. The van der Waals surface area contributed by atoms with Crippen molar-refractivity contribution in [2.45, 2.75) is 0 Å². The minimum absolute atomic E-state index is 0.678. The third-order valence-electron chi connectivity index (χ3n) is 9.28. The van der Waals surface area contributed by atoms with Crippen molar-refractivity contribution in [1.29, 1.82) is 0 Å². The molecule has 4 heterocycles. The number of benzene rings is 5. The first kappa shape index (κ1) is 27.9. The van der Waals surface area contributed by atoms with Gasteiger partial charge in [0.2, 0.25) is 0 Å². The SMILES string of the molecule is C=C1N=C2C=CC(c3c4ccccc4c(-c4cc(C5=CNCC=C5)cc(C5=CC=CNC5)c4)c4ccccc34)=CN2Oc2ccccc21. The van der Waals surface area contributed by atoms with E-state index in [0.29, 0.717) is 11.5 Å². The molecule has 5 aromatic carbocycles. The van der Waals surface area contributed by atoms with Crippen LogP contribution < -0.4 is 15.5 Å². The second-order valence-corrected chi connectivity index (χ2v) is 12.2. The molecule has 0 fully saturated rings. The number of dihydropyridines is 2. The van der Waals surface area contributed by atoms with E-state index in [-0.39, 0.29) is 0 Å². The molecule has 0 aromatic heterocycles. The molecular weight excluding hydrogens is 589 g/mol. The Morgan fingerprint density at radius 2 is 1.42 bits per heavy atom.